The summed E-state index contributed by atoms with van der Waals surface area (Å²) in [5.74, 6) is -0.111. The molecule has 1 saturated heterocycles. The highest BCUT2D eigenvalue weighted by molar-refractivity contribution is 6.31. The molecule has 0 radical (unpaired) electrons. The molecule has 0 spiro atoms. The largest absolute Gasteiger partial charge is 0.397 e. The average Bonchev–Trinajstić information content (AvgIpc) is 2.35. The van der Waals surface area contributed by atoms with Gasteiger partial charge in [0.05, 0.1) is 23.5 Å². The quantitative estimate of drug-likeness (QED) is 0.742. The number of nitrogens with zero attached hydrogens (tertiary/aromatic N) is 1. The number of carbonyl (C=O) groups excluding carboxylic acids is 1. The number of piperidine rings is 1. The summed E-state index contributed by atoms with van der Waals surface area (Å²) in [4.78, 5) is 14.0. The second kappa shape index (κ2) is 5.99. The second-order valence-corrected chi connectivity index (χ2v) is 5.99. The van der Waals surface area contributed by atoms with E-state index in [-0.39, 0.29) is 5.91 Å². The van der Waals surface area contributed by atoms with Gasteiger partial charge in [-0.25, -0.2) is 0 Å². The van der Waals surface area contributed by atoms with E-state index in [9.17, 15) is 9.90 Å². The van der Waals surface area contributed by atoms with Crippen LogP contribution < -0.4 is 11.1 Å². The average molecular weight is 298 g/mol. The summed E-state index contributed by atoms with van der Waals surface area (Å²) in [7, 11) is 0. The maximum atomic E-state index is 12.0. The van der Waals surface area contributed by atoms with Gasteiger partial charge in [0.15, 0.2) is 0 Å². The van der Waals surface area contributed by atoms with Crippen LogP contribution in [0.2, 0.25) is 5.02 Å². The number of nitrogen functional groups attached to an aromatic ring is 1. The third-order valence-corrected chi connectivity index (χ3v) is 3.82. The SMILES string of the molecule is CC1(O)CCN(CC(=O)Nc2ccc(Cl)cc2N)CC1. The van der Waals surface area contributed by atoms with E-state index < -0.39 is 5.60 Å². The molecule has 1 heterocycles. The van der Waals surface area contributed by atoms with Crippen molar-refractivity contribution in [2.24, 2.45) is 0 Å². The Morgan fingerprint density at radius 3 is 2.75 bits per heavy atom. The Labute approximate surface area is 123 Å². The van der Waals surface area contributed by atoms with E-state index in [0.717, 1.165) is 13.1 Å². The first kappa shape index (κ1) is 15.1. The van der Waals surface area contributed by atoms with E-state index in [2.05, 4.69) is 5.32 Å². The Hall–Kier alpha value is -1.30. The molecular weight excluding hydrogens is 278 g/mol. The van der Waals surface area contributed by atoms with E-state index in [1.54, 1.807) is 18.2 Å². The number of likely N-dealkylation sites (tertiary alicyclic amines) is 1. The summed E-state index contributed by atoms with van der Waals surface area (Å²) in [5.41, 5.74) is 6.21. The van der Waals surface area contributed by atoms with Gasteiger partial charge in [0, 0.05) is 18.1 Å². The van der Waals surface area contributed by atoms with Gasteiger partial charge in [-0.1, -0.05) is 11.6 Å². The van der Waals surface area contributed by atoms with E-state index in [0.29, 0.717) is 35.8 Å². The minimum Gasteiger partial charge on any atom is -0.397 e. The number of nitrogens with one attached hydrogen (secondary N) is 1. The van der Waals surface area contributed by atoms with Crippen molar-refractivity contribution in [2.75, 3.05) is 30.7 Å². The standard InChI is InChI=1S/C14H20ClN3O2/c1-14(20)4-6-18(7-5-14)9-13(19)17-12-3-2-10(15)8-11(12)16/h2-3,8,20H,4-7,9,16H2,1H3,(H,17,19). The smallest absolute Gasteiger partial charge is 0.238 e. The van der Waals surface area contributed by atoms with E-state index in [4.69, 9.17) is 17.3 Å². The lowest BCUT2D eigenvalue weighted by Crippen LogP contribution is -2.45. The summed E-state index contributed by atoms with van der Waals surface area (Å²) in [6, 6.07) is 4.98. The fourth-order valence-electron chi connectivity index (χ4n) is 2.23. The predicted octanol–water partition coefficient (Wildman–Crippen LogP) is 1.71. The number of aliphatic hydroxyl groups is 1. The van der Waals surface area contributed by atoms with Gasteiger partial charge in [-0.2, -0.15) is 0 Å². The van der Waals surface area contributed by atoms with Crippen molar-refractivity contribution < 1.29 is 9.90 Å². The molecule has 1 aromatic rings. The van der Waals surface area contributed by atoms with Gasteiger partial charge in [-0.15, -0.1) is 0 Å². The van der Waals surface area contributed by atoms with Gasteiger partial charge in [0.2, 0.25) is 5.91 Å². The predicted molar refractivity (Wildman–Crippen MR) is 80.8 cm³/mol. The van der Waals surface area contributed by atoms with Crippen LogP contribution >= 0.6 is 11.6 Å². The zero-order valence-corrected chi connectivity index (χ0v) is 12.3. The molecule has 1 aromatic carbocycles. The number of nitrogens with two attached hydrogens (primary N) is 1. The molecule has 4 N–H and O–H groups in total. The number of halogens is 1. The van der Waals surface area contributed by atoms with Crippen LogP contribution in [0, 0.1) is 0 Å². The molecular formula is C14H20ClN3O2. The number of carbonyl (C=O) groups is 1. The third-order valence-electron chi connectivity index (χ3n) is 3.59. The van der Waals surface area contributed by atoms with Crippen LogP contribution in [-0.4, -0.2) is 41.1 Å². The maximum Gasteiger partial charge on any atom is 0.238 e. The highest BCUT2D eigenvalue weighted by Crippen LogP contribution is 2.23. The van der Waals surface area contributed by atoms with Crippen LogP contribution in [0.4, 0.5) is 11.4 Å². The van der Waals surface area contributed by atoms with Gasteiger partial charge >= 0.3 is 0 Å². The van der Waals surface area contributed by atoms with E-state index in [1.165, 1.54) is 0 Å². The molecule has 2 rings (SSSR count). The Morgan fingerprint density at radius 2 is 2.15 bits per heavy atom. The first-order chi connectivity index (χ1) is 9.35. The van der Waals surface area contributed by atoms with Crippen molar-refractivity contribution in [1.82, 2.24) is 4.90 Å². The molecule has 1 fully saturated rings. The second-order valence-electron chi connectivity index (χ2n) is 5.55. The third kappa shape index (κ3) is 4.10. The Balaban J connectivity index is 1.87. The summed E-state index contributed by atoms with van der Waals surface area (Å²) in [5, 5.41) is 13.2. The molecule has 110 valence electrons. The van der Waals surface area contributed by atoms with Crippen molar-refractivity contribution in [1.29, 1.82) is 0 Å². The molecule has 0 aromatic heterocycles. The summed E-state index contributed by atoms with van der Waals surface area (Å²) in [6.45, 7) is 3.57. The highest BCUT2D eigenvalue weighted by Gasteiger charge is 2.28. The molecule has 0 unspecified atom stereocenters. The van der Waals surface area contributed by atoms with Gasteiger partial charge < -0.3 is 16.2 Å². The minimum absolute atomic E-state index is 0.111. The van der Waals surface area contributed by atoms with Crippen molar-refractivity contribution in [3.05, 3.63) is 23.2 Å². The molecule has 5 nitrogen and oxygen atoms in total. The summed E-state index contributed by atoms with van der Waals surface area (Å²) >= 11 is 5.81. The number of amides is 1. The summed E-state index contributed by atoms with van der Waals surface area (Å²) < 4.78 is 0. The normalized spacial score (nSPS) is 18.8. The molecule has 0 bridgehead atoms. The van der Waals surface area contributed by atoms with Gasteiger partial charge in [-0.05, 0) is 38.0 Å². The Morgan fingerprint density at radius 1 is 1.50 bits per heavy atom. The fraction of sp³-hybridized carbons (Fsp3) is 0.500. The molecule has 1 aliphatic heterocycles. The zero-order valence-electron chi connectivity index (χ0n) is 11.5. The van der Waals surface area contributed by atoms with Gasteiger partial charge in [0.1, 0.15) is 0 Å². The first-order valence-corrected chi connectivity index (χ1v) is 7.03. The Bertz CT molecular complexity index is 495. The van der Waals surface area contributed by atoms with Crippen LogP contribution in [-0.2, 0) is 4.79 Å². The zero-order chi connectivity index (χ0) is 14.8. The number of benzene rings is 1. The van der Waals surface area contributed by atoms with Crippen LogP contribution in [0.3, 0.4) is 0 Å². The molecule has 0 atom stereocenters. The highest BCUT2D eigenvalue weighted by atomic mass is 35.5. The molecule has 1 amide bonds. The van der Waals surface area contributed by atoms with Crippen molar-refractivity contribution in [2.45, 2.75) is 25.4 Å². The minimum atomic E-state index is -0.604. The van der Waals surface area contributed by atoms with Crippen LogP contribution in [0.5, 0.6) is 0 Å². The number of rotatable bonds is 3. The van der Waals surface area contributed by atoms with Gasteiger partial charge in [0.25, 0.3) is 0 Å². The lowest BCUT2D eigenvalue weighted by Gasteiger charge is -2.35. The maximum absolute atomic E-state index is 12.0. The van der Waals surface area contributed by atoms with E-state index in [1.807, 2.05) is 11.8 Å². The Kier molecular flexibility index (Phi) is 4.52. The lowest BCUT2D eigenvalue weighted by atomic mass is 9.94. The van der Waals surface area contributed by atoms with Crippen LogP contribution in [0.1, 0.15) is 19.8 Å². The molecule has 0 saturated carbocycles. The lowest BCUT2D eigenvalue weighted by molar-refractivity contribution is -0.118. The first-order valence-electron chi connectivity index (χ1n) is 6.65. The topological polar surface area (TPSA) is 78.6 Å². The molecule has 1 aliphatic rings. The monoisotopic (exact) mass is 297 g/mol. The number of hydrogen-bond acceptors (Lipinski definition) is 4. The molecule has 6 heteroatoms. The van der Waals surface area contributed by atoms with Crippen LogP contribution in [0.15, 0.2) is 18.2 Å². The summed E-state index contributed by atoms with van der Waals surface area (Å²) in [6.07, 6.45) is 1.37. The molecule has 0 aliphatic carbocycles. The number of hydrogen-bond donors (Lipinski definition) is 3. The van der Waals surface area contributed by atoms with E-state index >= 15 is 0 Å². The van der Waals surface area contributed by atoms with Crippen molar-refractivity contribution in [3.63, 3.8) is 0 Å². The van der Waals surface area contributed by atoms with Crippen molar-refractivity contribution >= 4 is 28.9 Å². The van der Waals surface area contributed by atoms with Crippen LogP contribution in [0.25, 0.3) is 0 Å². The van der Waals surface area contributed by atoms with Crippen molar-refractivity contribution in [3.8, 4) is 0 Å². The fourth-order valence-corrected chi connectivity index (χ4v) is 2.41. The number of anilines is 2. The molecule has 20 heavy (non-hydrogen) atoms. The van der Waals surface area contributed by atoms with Gasteiger partial charge in [-0.3, -0.25) is 9.69 Å².